The van der Waals surface area contributed by atoms with Crippen LogP contribution in [0.4, 0.5) is 0 Å². The Morgan fingerprint density at radius 3 is 2.07 bits per heavy atom. The summed E-state index contributed by atoms with van der Waals surface area (Å²) in [5.41, 5.74) is 4.62. The second kappa shape index (κ2) is 3.51. The quantitative estimate of drug-likeness (QED) is 0.646. The van der Waals surface area contributed by atoms with Crippen LogP contribution in [0.2, 0.25) is 0 Å². The van der Waals surface area contributed by atoms with E-state index in [4.69, 9.17) is 4.43 Å². The van der Waals surface area contributed by atoms with Crippen LogP contribution >= 0.6 is 0 Å². The summed E-state index contributed by atoms with van der Waals surface area (Å²) < 4.78 is 5.62. The zero-order chi connectivity index (χ0) is 10.9. The van der Waals surface area contributed by atoms with Crippen molar-refractivity contribution in [3.63, 3.8) is 0 Å². The molecule has 1 saturated heterocycles. The molecule has 0 aromatic carbocycles. The lowest BCUT2D eigenvalue weighted by Gasteiger charge is -2.35. The van der Waals surface area contributed by atoms with Gasteiger partial charge >= 0.3 is 0 Å². The first-order chi connectivity index (χ1) is 6.49. The Hall–Kier alpha value is -1.20. The highest BCUT2D eigenvalue weighted by Crippen LogP contribution is 2.32. The maximum absolute atomic E-state index is 5.62. The Balaban J connectivity index is 3.32. The van der Waals surface area contributed by atoms with Crippen LogP contribution < -0.4 is 0 Å². The predicted molar refractivity (Wildman–Crippen MR) is 67.5 cm³/mol. The zero-order valence-corrected chi connectivity index (χ0v) is 10.3. The second-order valence-corrected chi connectivity index (χ2v) is 11.5. The lowest BCUT2D eigenvalue weighted by atomic mass is 10.3. The lowest BCUT2D eigenvalue weighted by Crippen LogP contribution is -2.50. The van der Waals surface area contributed by atoms with Gasteiger partial charge in [0.2, 0.25) is 8.17 Å². The Bertz CT molecular complexity index is 369. The van der Waals surface area contributed by atoms with Crippen molar-refractivity contribution in [1.82, 2.24) is 0 Å². The van der Waals surface area contributed by atoms with Crippen LogP contribution in [0.25, 0.3) is 0 Å². The number of hydrogen-bond acceptors (Lipinski definition) is 1. The van der Waals surface area contributed by atoms with Gasteiger partial charge in [0.15, 0.2) is 7.59 Å². The normalized spacial score (nSPS) is 20.3. The summed E-state index contributed by atoms with van der Waals surface area (Å²) in [5, 5.41) is 0.989. The maximum atomic E-state index is 5.62. The molecule has 0 unspecified atom stereocenters. The minimum Gasteiger partial charge on any atom is -0.519 e. The molecule has 0 radical (unpaired) electrons. The molecule has 1 heterocycles. The third-order valence-electron chi connectivity index (χ3n) is 2.55. The fourth-order valence-corrected chi connectivity index (χ4v) is 7.82. The van der Waals surface area contributed by atoms with Gasteiger partial charge in [-0.15, -0.1) is 13.2 Å². The molecule has 0 aliphatic carbocycles. The van der Waals surface area contributed by atoms with Crippen molar-refractivity contribution in [3.8, 4) is 0 Å². The highest BCUT2D eigenvalue weighted by Gasteiger charge is 2.42. The van der Waals surface area contributed by atoms with Gasteiger partial charge in [-0.3, -0.25) is 0 Å². The summed E-state index contributed by atoms with van der Waals surface area (Å²) in [6, 6.07) is 0. The third kappa shape index (κ3) is 1.25. The SMILES string of the molecule is C=C[Si]1(C=C)C(=C)C(=C)C(=C)O[Si]1=C. The van der Waals surface area contributed by atoms with Crippen LogP contribution in [0.3, 0.4) is 0 Å². The molecule has 0 saturated carbocycles. The molecule has 3 heteroatoms. The Labute approximate surface area is 87.6 Å². The molecule has 1 aliphatic heterocycles. The molecule has 14 heavy (non-hydrogen) atoms. The fraction of sp³-hybridized carbons (Fsp3) is 0. The van der Waals surface area contributed by atoms with Crippen LogP contribution in [-0.2, 0) is 4.43 Å². The van der Waals surface area contributed by atoms with E-state index >= 15 is 0 Å². The molecule has 0 aromatic heterocycles. The van der Waals surface area contributed by atoms with Crippen molar-refractivity contribution in [2.75, 3.05) is 0 Å². The molecule has 0 aromatic rings. The largest absolute Gasteiger partial charge is 0.519 e. The molecular formula is C11H14OSi2. The average Bonchev–Trinajstić information content (AvgIpc) is 2.17. The Morgan fingerprint density at radius 2 is 1.64 bits per heavy atom. The summed E-state index contributed by atoms with van der Waals surface area (Å²) in [6.07, 6.45) is 4.06. The van der Waals surface area contributed by atoms with E-state index in [9.17, 15) is 0 Å². The zero-order valence-electron chi connectivity index (χ0n) is 8.31. The Morgan fingerprint density at radius 1 is 1.14 bits per heavy atom. The highest BCUT2D eigenvalue weighted by atomic mass is 29.2. The van der Waals surface area contributed by atoms with E-state index in [-0.39, 0.29) is 0 Å². The molecule has 0 bridgehead atoms. The topological polar surface area (TPSA) is 9.23 Å². The van der Waals surface area contributed by atoms with E-state index in [2.05, 4.69) is 39.1 Å². The van der Waals surface area contributed by atoms with Gasteiger partial charge in [0, 0.05) is 5.57 Å². The van der Waals surface area contributed by atoms with Crippen molar-refractivity contribution >= 4 is 21.9 Å². The first-order valence-corrected chi connectivity index (χ1v) is 8.99. The first-order valence-electron chi connectivity index (χ1n) is 4.22. The van der Waals surface area contributed by atoms with Crippen LogP contribution in [0.15, 0.2) is 60.8 Å². The molecule has 0 amide bonds. The monoisotopic (exact) mass is 218 g/mol. The third-order valence-corrected chi connectivity index (χ3v) is 11.8. The lowest BCUT2D eigenvalue weighted by molar-refractivity contribution is 0.473. The van der Waals surface area contributed by atoms with Crippen molar-refractivity contribution in [3.05, 3.63) is 60.8 Å². The second-order valence-electron chi connectivity index (χ2n) is 3.18. The molecule has 0 N–H and O–H groups in total. The summed E-state index contributed by atoms with van der Waals surface area (Å²) in [7, 11) is -3.23. The fourth-order valence-electron chi connectivity index (χ4n) is 1.44. The smallest absolute Gasteiger partial charge is 0.227 e. The van der Waals surface area contributed by atoms with E-state index < -0.39 is 15.8 Å². The van der Waals surface area contributed by atoms with E-state index in [1.165, 1.54) is 0 Å². The molecular weight excluding hydrogens is 204 g/mol. The van der Waals surface area contributed by atoms with Gasteiger partial charge in [0.25, 0.3) is 0 Å². The van der Waals surface area contributed by atoms with E-state index in [0.29, 0.717) is 5.76 Å². The molecule has 0 atom stereocenters. The van der Waals surface area contributed by atoms with Gasteiger partial charge in [0.1, 0.15) is 5.76 Å². The van der Waals surface area contributed by atoms with E-state index in [1.807, 2.05) is 11.4 Å². The summed E-state index contributed by atoms with van der Waals surface area (Å²) >= 11 is 0. The molecule has 1 fully saturated rings. The molecule has 0 spiro atoms. The summed E-state index contributed by atoms with van der Waals surface area (Å²) in [5.74, 6) is 0.603. The summed E-state index contributed by atoms with van der Waals surface area (Å²) in [6.45, 7) is 19.5. The molecule has 1 rings (SSSR count). The van der Waals surface area contributed by atoms with Gasteiger partial charge in [-0.1, -0.05) is 37.3 Å². The van der Waals surface area contributed by atoms with Crippen LogP contribution in [0.5, 0.6) is 0 Å². The Kier molecular flexibility index (Phi) is 2.73. The predicted octanol–water partition coefficient (Wildman–Crippen LogP) is 2.16. The minimum atomic E-state index is -2.00. The highest BCUT2D eigenvalue weighted by molar-refractivity contribution is 7.39. The van der Waals surface area contributed by atoms with Crippen LogP contribution in [0, 0.1) is 0 Å². The van der Waals surface area contributed by atoms with Gasteiger partial charge < -0.3 is 4.43 Å². The number of rotatable bonds is 2. The number of hydrogen-bond donors (Lipinski definition) is 0. The van der Waals surface area contributed by atoms with Crippen LogP contribution in [0.1, 0.15) is 0 Å². The molecule has 1 aliphatic rings. The van der Waals surface area contributed by atoms with Gasteiger partial charge in [-0.2, -0.15) is 0 Å². The summed E-state index contributed by atoms with van der Waals surface area (Å²) in [4.78, 5) is 0. The van der Waals surface area contributed by atoms with E-state index in [1.54, 1.807) is 0 Å². The molecule has 1 nitrogen and oxygen atoms in total. The van der Waals surface area contributed by atoms with Crippen LogP contribution in [-0.4, -0.2) is 21.9 Å². The standard InChI is InChI=1S/C11H14OSi2/c1-7-14(8-2)11(5)9(3)10(4)12-13(14)6/h7-8H,1-6H2. The minimum absolute atomic E-state index is 0.603. The van der Waals surface area contributed by atoms with Gasteiger partial charge in [0.05, 0.1) is 0 Å². The number of allylic oxidation sites excluding steroid dienone is 1. The average molecular weight is 218 g/mol. The van der Waals surface area contributed by atoms with Crippen molar-refractivity contribution < 1.29 is 4.43 Å². The van der Waals surface area contributed by atoms with Gasteiger partial charge in [-0.25, -0.2) is 0 Å². The first kappa shape index (κ1) is 10.9. The van der Waals surface area contributed by atoms with Crippen molar-refractivity contribution in [1.29, 1.82) is 0 Å². The van der Waals surface area contributed by atoms with Crippen molar-refractivity contribution in [2.45, 2.75) is 0 Å². The maximum Gasteiger partial charge on any atom is 0.227 e. The van der Waals surface area contributed by atoms with E-state index in [0.717, 1.165) is 10.8 Å². The van der Waals surface area contributed by atoms with Gasteiger partial charge in [-0.05, 0) is 5.20 Å². The van der Waals surface area contributed by atoms with Crippen molar-refractivity contribution in [2.24, 2.45) is 0 Å². The molecule has 72 valence electrons.